The summed E-state index contributed by atoms with van der Waals surface area (Å²) in [4.78, 5) is 30.0. The largest absolute Gasteiger partial charge is 0.480 e. The Balaban J connectivity index is 1.99. The van der Waals surface area contributed by atoms with Crippen LogP contribution in [0.15, 0.2) is 35.5 Å². The van der Waals surface area contributed by atoms with Crippen molar-refractivity contribution in [1.82, 2.24) is 4.90 Å². The van der Waals surface area contributed by atoms with Gasteiger partial charge in [-0.05, 0) is 26.3 Å². The van der Waals surface area contributed by atoms with E-state index in [1.807, 2.05) is 30.3 Å². The van der Waals surface area contributed by atoms with Crippen LogP contribution in [0.4, 0.5) is 4.79 Å². The van der Waals surface area contributed by atoms with Crippen molar-refractivity contribution in [3.63, 3.8) is 0 Å². The summed E-state index contributed by atoms with van der Waals surface area (Å²) in [5, 5.41) is 13.3. The zero-order valence-electron chi connectivity index (χ0n) is 14.1. The third-order valence-corrected chi connectivity index (χ3v) is 3.34. The molecule has 7 heteroatoms. The second-order valence-corrected chi connectivity index (χ2v) is 6.58. The van der Waals surface area contributed by atoms with E-state index in [0.29, 0.717) is 5.71 Å². The van der Waals surface area contributed by atoms with Crippen molar-refractivity contribution >= 4 is 17.8 Å². The highest BCUT2D eigenvalue weighted by Gasteiger charge is 2.40. The standard InChI is InChI=1S/C17H22N2O5/c1-17(2,3)24-16(22)19-10-13(9-14(19)15(20)21)18-23-11-12-7-5-4-6-8-12/h4-8,14H,9-11H2,1-3H3,(H,20,21)/b18-13-/t14-/m0/s1. The fourth-order valence-electron chi connectivity index (χ4n) is 2.28. The number of hydrogen-bond acceptors (Lipinski definition) is 5. The Bertz CT molecular complexity index is 622. The van der Waals surface area contributed by atoms with Crippen molar-refractivity contribution in [1.29, 1.82) is 0 Å². The van der Waals surface area contributed by atoms with Gasteiger partial charge in [-0.25, -0.2) is 9.59 Å². The van der Waals surface area contributed by atoms with Gasteiger partial charge in [0, 0.05) is 6.42 Å². The number of oxime groups is 1. The van der Waals surface area contributed by atoms with Gasteiger partial charge in [0.25, 0.3) is 0 Å². The minimum Gasteiger partial charge on any atom is -0.480 e. The maximum atomic E-state index is 12.2. The number of carbonyl (C=O) groups excluding carboxylic acids is 1. The molecule has 0 aliphatic carbocycles. The topological polar surface area (TPSA) is 88.4 Å². The van der Waals surface area contributed by atoms with Crippen molar-refractivity contribution in [3.05, 3.63) is 35.9 Å². The first kappa shape index (κ1) is 17.8. The molecule has 0 saturated carbocycles. The number of amides is 1. The van der Waals surface area contributed by atoms with E-state index in [2.05, 4.69) is 5.16 Å². The molecular weight excluding hydrogens is 312 g/mol. The Labute approximate surface area is 140 Å². The maximum absolute atomic E-state index is 12.2. The van der Waals surface area contributed by atoms with Crippen molar-refractivity contribution < 1.29 is 24.3 Å². The monoisotopic (exact) mass is 334 g/mol. The molecule has 0 spiro atoms. The second-order valence-electron chi connectivity index (χ2n) is 6.58. The van der Waals surface area contributed by atoms with Gasteiger partial charge in [0.2, 0.25) is 0 Å². The Kier molecular flexibility index (Phi) is 5.43. The maximum Gasteiger partial charge on any atom is 0.411 e. The highest BCUT2D eigenvalue weighted by molar-refractivity contribution is 5.98. The number of carbonyl (C=O) groups is 2. The van der Waals surface area contributed by atoms with Gasteiger partial charge in [-0.2, -0.15) is 0 Å². The first-order valence-electron chi connectivity index (χ1n) is 7.70. The normalized spacial score (nSPS) is 19.4. The second kappa shape index (κ2) is 7.33. The number of ether oxygens (including phenoxy) is 1. The van der Waals surface area contributed by atoms with Crippen LogP contribution in [0.25, 0.3) is 0 Å². The first-order chi connectivity index (χ1) is 11.3. The summed E-state index contributed by atoms with van der Waals surface area (Å²) in [5.74, 6) is -1.09. The number of carboxylic acid groups (broad SMARTS) is 1. The van der Waals surface area contributed by atoms with Crippen LogP contribution in [0.1, 0.15) is 32.8 Å². The summed E-state index contributed by atoms with van der Waals surface area (Å²) < 4.78 is 5.25. The predicted octanol–water partition coefficient (Wildman–Crippen LogP) is 2.65. The van der Waals surface area contributed by atoms with Gasteiger partial charge in [-0.3, -0.25) is 4.90 Å². The van der Waals surface area contributed by atoms with Gasteiger partial charge in [0.15, 0.2) is 0 Å². The molecule has 1 aliphatic heterocycles. The number of likely N-dealkylation sites (tertiary alicyclic amines) is 1. The molecule has 24 heavy (non-hydrogen) atoms. The molecule has 0 unspecified atom stereocenters. The van der Waals surface area contributed by atoms with Gasteiger partial charge in [-0.1, -0.05) is 35.5 Å². The summed E-state index contributed by atoms with van der Waals surface area (Å²) in [6.07, 6.45) is -0.535. The molecule has 1 aliphatic rings. The molecule has 1 N–H and O–H groups in total. The Morgan fingerprint density at radius 1 is 1.29 bits per heavy atom. The van der Waals surface area contributed by atoms with Crippen LogP contribution in [0.2, 0.25) is 0 Å². The number of nitrogens with zero attached hydrogens (tertiary/aromatic N) is 2. The van der Waals surface area contributed by atoms with Crippen LogP contribution in [0.3, 0.4) is 0 Å². The molecule has 0 bridgehead atoms. The van der Waals surface area contributed by atoms with E-state index in [0.717, 1.165) is 10.5 Å². The molecule has 1 fully saturated rings. The molecule has 7 nitrogen and oxygen atoms in total. The first-order valence-corrected chi connectivity index (χ1v) is 7.70. The van der Waals surface area contributed by atoms with Crippen LogP contribution in [0, 0.1) is 0 Å². The summed E-state index contributed by atoms with van der Waals surface area (Å²) in [5.41, 5.74) is 0.770. The third kappa shape index (κ3) is 4.97. The molecular formula is C17H22N2O5. The van der Waals surface area contributed by atoms with E-state index < -0.39 is 23.7 Å². The molecule has 1 aromatic rings. The van der Waals surface area contributed by atoms with E-state index in [4.69, 9.17) is 9.57 Å². The van der Waals surface area contributed by atoms with Crippen LogP contribution in [-0.2, 0) is 21.0 Å². The fourth-order valence-corrected chi connectivity index (χ4v) is 2.28. The molecule has 2 rings (SSSR count). The van der Waals surface area contributed by atoms with Gasteiger partial charge in [-0.15, -0.1) is 0 Å². The molecule has 1 atom stereocenters. The summed E-state index contributed by atoms with van der Waals surface area (Å²) in [6, 6.07) is 8.52. The summed E-state index contributed by atoms with van der Waals surface area (Å²) in [7, 11) is 0. The Morgan fingerprint density at radius 2 is 1.96 bits per heavy atom. The van der Waals surface area contributed by atoms with E-state index >= 15 is 0 Å². The highest BCUT2D eigenvalue weighted by Crippen LogP contribution is 2.20. The number of aliphatic carboxylic acids is 1. The zero-order chi connectivity index (χ0) is 17.7. The Hall–Kier alpha value is -2.57. The molecule has 1 aromatic carbocycles. The molecule has 130 valence electrons. The highest BCUT2D eigenvalue weighted by atomic mass is 16.6. The lowest BCUT2D eigenvalue weighted by molar-refractivity contribution is -0.142. The van der Waals surface area contributed by atoms with Gasteiger partial charge in [0.05, 0.1) is 12.3 Å². The third-order valence-electron chi connectivity index (χ3n) is 3.34. The van der Waals surface area contributed by atoms with Crippen LogP contribution < -0.4 is 0 Å². The fraction of sp³-hybridized carbons (Fsp3) is 0.471. The smallest absolute Gasteiger partial charge is 0.411 e. The lowest BCUT2D eigenvalue weighted by atomic mass is 10.2. The van der Waals surface area contributed by atoms with Gasteiger partial charge in [0.1, 0.15) is 18.2 Å². The predicted molar refractivity (Wildman–Crippen MR) is 87.6 cm³/mol. The SMILES string of the molecule is CC(C)(C)OC(=O)N1C/C(=N\OCc2ccccc2)C[C@H]1C(=O)O. The van der Waals surface area contributed by atoms with Gasteiger partial charge >= 0.3 is 12.1 Å². The minimum absolute atomic E-state index is 0.0840. The van der Waals surface area contributed by atoms with Crippen molar-refractivity contribution in [2.24, 2.45) is 5.16 Å². The number of carboxylic acids is 1. The number of hydrogen-bond donors (Lipinski definition) is 1. The van der Waals surface area contributed by atoms with Crippen molar-refractivity contribution in [3.8, 4) is 0 Å². The van der Waals surface area contributed by atoms with E-state index in [1.165, 1.54) is 0 Å². The molecule has 0 radical (unpaired) electrons. The number of benzene rings is 1. The summed E-state index contributed by atoms with van der Waals surface area (Å²) >= 11 is 0. The quantitative estimate of drug-likeness (QED) is 0.855. The van der Waals surface area contributed by atoms with Crippen LogP contribution >= 0.6 is 0 Å². The number of rotatable bonds is 4. The average Bonchev–Trinajstić information content (AvgIpc) is 2.91. The molecule has 0 aromatic heterocycles. The lowest BCUT2D eigenvalue weighted by Crippen LogP contribution is -2.43. The summed E-state index contributed by atoms with van der Waals surface area (Å²) in [6.45, 7) is 5.56. The van der Waals surface area contributed by atoms with E-state index in [-0.39, 0.29) is 19.6 Å². The Morgan fingerprint density at radius 3 is 2.54 bits per heavy atom. The lowest BCUT2D eigenvalue weighted by Gasteiger charge is -2.26. The average molecular weight is 334 g/mol. The van der Waals surface area contributed by atoms with E-state index in [1.54, 1.807) is 20.8 Å². The minimum atomic E-state index is -1.09. The van der Waals surface area contributed by atoms with Crippen molar-refractivity contribution in [2.75, 3.05) is 6.54 Å². The zero-order valence-corrected chi connectivity index (χ0v) is 14.1. The van der Waals surface area contributed by atoms with E-state index in [9.17, 15) is 14.7 Å². The van der Waals surface area contributed by atoms with Crippen molar-refractivity contribution in [2.45, 2.75) is 45.4 Å². The molecule has 1 heterocycles. The van der Waals surface area contributed by atoms with Crippen LogP contribution in [-0.4, -0.2) is 46.0 Å². The molecule has 1 saturated heterocycles. The molecule has 1 amide bonds. The van der Waals surface area contributed by atoms with Crippen LogP contribution in [0.5, 0.6) is 0 Å². The van der Waals surface area contributed by atoms with Gasteiger partial charge < -0.3 is 14.7 Å².